The van der Waals surface area contributed by atoms with Crippen LogP contribution in [0.2, 0.25) is 0 Å². The number of hydrogen-bond acceptors (Lipinski definition) is 5. The van der Waals surface area contributed by atoms with Gasteiger partial charge in [-0.3, -0.25) is 9.59 Å². The van der Waals surface area contributed by atoms with Crippen molar-refractivity contribution in [1.29, 1.82) is 0 Å². The highest BCUT2D eigenvalue weighted by atomic mass is 32.2. The Morgan fingerprint density at radius 1 is 1.24 bits per heavy atom. The van der Waals surface area contributed by atoms with E-state index in [9.17, 15) is 13.2 Å². The van der Waals surface area contributed by atoms with Crippen molar-refractivity contribution in [2.45, 2.75) is 0 Å². The number of benzene rings is 1. The van der Waals surface area contributed by atoms with Crippen molar-refractivity contribution in [3.8, 4) is 5.69 Å². The Hall–Kier alpha value is -2.88. The SMILES string of the molecule is CN(C)C(=O)CN(c1ccnn1-c1ccccc1)S(C)(=O)=O.O=CO. The van der Waals surface area contributed by atoms with E-state index in [4.69, 9.17) is 9.90 Å². The maximum atomic E-state index is 12.1. The quantitative estimate of drug-likeness (QED) is 0.766. The summed E-state index contributed by atoms with van der Waals surface area (Å²) in [5.41, 5.74) is 0.716. The third-order valence-electron chi connectivity index (χ3n) is 3.06. The van der Waals surface area contributed by atoms with Gasteiger partial charge in [-0.15, -0.1) is 0 Å². The van der Waals surface area contributed by atoms with Crippen molar-refractivity contribution in [1.82, 2.24) is 14.7 Å². The number of anilines is 1. The van der Waals surface area contributed by atoms with Crippen LogP contribution in [0.4, 0.5) is 5.82 Å². The van der Waals surface area contributed by atoms with E-state index in [1.165, 1.54) is 15.8 Å². The summed E-state index contributed by atoms with van der Waals surface area (Å²) in [5, 5.41) is 11.0. The van der Waals surface area contributed by atoms with Crippen LogP contribution in [0.5, 0.6) is 0 Å². The molecule has 0 aliphatic heterocycles. The number of carbonyl (C=O) groups excluding carboxylic acids is 1. The van der Waals surface area contributed by atoms with Crippen LogP contribution in [0.3, 0.4) is 0 Å². The van der Waals surface area contributed by atoms with E-state index in [1.807, 2.05) is 30.3 Å². The molecule has 10 heteroatoms. The molecule has 0 aliphatic rings. The second-order valence-electron chi connectivity index (χ2n) is 5.10. The number of amides is 1. The van der Waals surface area contributed by atoms with Gasteiger partial charge < -0.3 is 10.0 Å². The molecular weight excluding hydrogens is 348 g/mol. The molecule has 1 N–H and O–H groups in total. The van der Waals surface area contributed by atoms with Crippen LogP contribution in [0.15, 0.2) is 42.6 Å². The summed E-state index contributed by atoms with van der Waals surface area (Å²) in [6.07, 6.45) is 2.57. The molecule has 0 radical (unpaired) electrons. The van der Waals surface area contributed by atoms with Gasteiger partial charge in [-0.1, -0.05) is 18.2 Å². The first-order valence-corrected chi connectivity index (χ1v) is 8.92. The van der Waals surface area contributed by atoms with Crippen molar-refractivity contribution < 1.29 is 23.1 Å². The monoisotopic (exact) mass is 368 g/mol. The van der Waals surface area contributed by atoms with Gasteiger partial charge in [0.1, 0.15) is 12.4 Å². The Labute approximate surface area is 146 Å². The number of para-hydroxylation sites is 1. The molecule has 0 saturated carbocycles. The Morgan fingerprint density at radius 2 is 1.80 bits per heavy atom. The predicted octanol–water partition coefficient (Wildman–Crippen LogP) is 0.427. The van der Waals surface area contributed by atoms with E-state index in [2.05, 4.69) is 5.10 Å². The maximum Gasteiger partial charge on any atom is 0.290 e. The van der Waals surface area contributed by atoms with Crippen LogP contribution in [0, 0.1) is 0 Å². The van der Waals surface area contributed by atoms with Crippen LogP contribution >= 0.6 is 0 Å². The van der Waals surface area contributed by atoms with Gasteiger partial charge >= 0.3 is 0 Å². The predicted molar refractivity (Wildman–Crippen MR) is 93.1 cm³/mol. The summed E-state index contributed by atoms with van der Waals surface area (Å²) in [6.45, 7) is -0.523. The fourth-order valence-corrected chi connectivity index (χ4v) is 2.71. The number of carboxylic acid groups (broad SMARTS) is 1. The fourth-order valence-electron chi connectivity index (χ4n) is 1.89. The Morgan fingerprint density at radius 3 is 2.28 bits per heavy atom. The second-order valence-corrected chi connectivity index (χ2v) is 7.01. The minimum Gasteiger partial charge on any atom is -0.483 e. The summed E-state index contributed by atoms with van der Waals surface area (Å²) in [6, 6.07) is 10.7. The topological polar surface area (TPSA) is 113 Å². The van der Waals surface area contributed by atoms with E-state index < -0.39 is 10.0 Å². The number of likely N-dealkylation sites (N-methyl/N-ethyl adjacent to an activating group) is 1. The molecule has 136 valence electrons. The number of carbonyl (C=O) groups is 2. The van der Waals surface area contributed by atoms with Crippen LogP contribution in [0.1, 0.15) is 0 Å². The van der Waals surface area contributed by atoms with Gasteiger partial charge in [0.15, 0.2) is 0 Å². The number of rotatable bonds is 5. The Bertz CT molecular complexity index is 802. The molecule has 1 amide bonds. The molecule has 0 atom stereocenters. The molecule has 0 aliphatic carbocycles. The molecule has 0 saturated heterocycles. The lowest BCUT2D eigenvalue weighted by molar-refractivity contribution is -0.127. The van der Waals surface area contributed by atoms with Crippen molar-refractivity contribution >= 4 is 28.2 Å². The lowest BCUT2D eigenvalue weighted by Gasteiger charge is -2.23. The second kappa shape index (κ2) is 8.83. The van der Waals surface area contributed by atoms with Gasteiger partial charge in [-0.25, -0.2) is 17.4 Å². The number of aromatic nitrogens is 2. The summed E-state index contributed by atoms with van der Waals surface area (Å²) in [7, 11) is -0.461. The highest BCUT2D eigenvalue weighted by Crippen LogP contribution is 2.21. The first kappa shape index (κ1) is 20.2. The highest BCUT2D eigenvalue weighted by molar-refractivity contribution is 7.92. The molecule has 0 fully saturated rings. The molecular formula is C15H20N4O5S. The largest absolute Gasteiger partial charge is 0.483 e. The zero-order valence-corrected chi connectivity index (χ0v) is 14.9. The molecule has 1 heterocycles. The molecule has 1 aromatic heterocycles. The minimum absolute atomic E-state index is 0.250. The van der Waals surface area contributed by atoms with Gasteiger partial charge in [0.25, 0.3) is 6.47 Å². The van der Waals surface area contributed by atoms with E-state index in [1.54, 1.807) is 20.2 Å². The molecule has 0 unspecified atom stereocenters. The number of sulfonamides is 1. The Kier molecular flexibility index (Phi) is 7.12. The van der Waals surface area contributed by atoms with Crippen molar-refractivity contribution in [2.24, 2.45) is 0 Å². The first-order chi connectivity index (χ1) is 11.7. The van der Waals surface area contributed by atoms with Gasteiger partial charge in [0.2, 0.25) is 15.9 Å². The summed E-state index contributed by atoms with van der Waals surface area (Å²) >= 11 is 0. The molecule has 1 aromatic carbocycles. The van der Waals surface area contributed by atoms with Crippen molar-refractivity contribution in [3.05, 3.63) is 42.6 Å². The average Bonchev–Trinajstić information content (AvgIpc) is 3.01. The maximum absolute atomic E-state index is 12.1. The zero-order chi connectivity index (χ0) is 19.0. The summed E-state index contributed by atoms with van der Waals surface area (Å²) in [4.78, 5) is 21.6. The van der Waals surface area contributed by atoms with Gasteiger partial charge in [-0.2, -0.15) is 5.10 Å². The standard InChI is InChI=1S/C14H18N4O3S.CH2O2/c1-16(2)14(19)11-17(22(3,20)21)13-9-10-15-18(13)12-7-5-4-6-8-12;2-1-3/h4-10H,11H2,1-3H3;1H,(H,2,3). The van der Waals surface area contributed by atoms with E-state index in [0.29, 0.717) is 11.5 Å². The van der Waals surface area contributed by atoms with Crippen LogP contribution in [0.25, 0.3) is 5.69 Å². The average molecular weight is 368 g/mol. The lowest BCUT2D eigenvalue weighted by Crippen LogP contribution is -2.40. The van der Waals surface area contributed by atoms with Crippen molar-refractivity contribution in [2.75, 3.05) is 31.2 Å². The van der Waals surface area contributed by atoms with Gasteiger partial charge in [-0.05, 0) is 12.1 Å². The number of hydrogen-bond donors (Lipinski definition) is 1. The van der Waals surface area contributed by atoms with Gasteiger partial charge in [0, 0.05) is 20.2 Å². The third kappa shape index (κ3) is 5.60. The summed E-state index contributed by atoms with van der Waals surface area (Å²) in [5.74, 6) is 0.00939. The van der Waals surface area contributed by atoms with Gasteiger partial charge in [0.05, 0.1) is 18.1 Å². The fraction of sp³-hybridized carbons (Fsp3) is 0.267. The molecule has 0 spiro atoms. The Balaban J connectivity index is 0.000000970. The lowest BCUT2D eigenvalue weighted by atomic mass is 10.3. The zero-order valence-electron chi connectivity index (χ0n) is 14.1. The van der Waals surface area contributed by atoms with Crippen molar-refractivity contribution in [3.63, 3.8) is 0 Å². The third-order valence-corrected chi connectivity index (χ3v) is 4.17. The molecule has 2 aromatic rings. The summed E-state index contributed by atoms with van der Waals surface area (Å²) < 4.78 is 26.7. The highest BCUT2D eigenvalue weighted by Gasteiger charge is 2.25. The van der Waals surface area contributed by atoms with Crippen LogP contribution < -0.4 is 4.31 Å². The smallest absolute Gasteiger partial charge is 0.290 e. The molecule has 9 nitrogen and oxygen atoms in total. The first-order valence-electron chi connectivity index (χ1n) is 7.07. The molecule has 25 heavy (non-hydrogen) atoms. The normalized spacial score (nSPS) is 10.4. The van der Waals surface area contributed by atoms with Crippen LogP contribution in [-0.4, -0.2) is 67.5 Å². The molecule has 2 rings (SSSR count). The van der Waals surface area contributed by atoms with E-state index in [0.717, 1.165) is 10.6 Å². The minimum atomic E-state index is -3.62. The number of nitrogens with zero attached hydrogens (tertiary/aromatic N) is 4. The van der Waals surface area contributed by atoms with Crippen LogP contribution in [-0.2, 0) is 19.6 Å². The van der Waals surface area contributed by atoms with E-state index in [-0.39, 0.29) is 18.9 Å². The molecule has 0 bridgehead atoms. The van der Waals surface area contributed by atoms with E-state index >= 15 is 0 Å².